The summed E-state index contributed by atoms with van der Waals surface area (Å²) in [6.45, 7) is 10.5. The van der Waals surface area contributed by atoms with Gasteiger partial charge in [-0.05, 0) is 27.7 Å². The van der Waals surface area contributed by atoms with Crippen molar-refractivity contribution in [1.82, 2.24) is 14.5 Å². The van der Waals surface area contributed by atoms with Crippen molar-refractivity contribution in [2.45, 2.75) is 53.3 Å². The number of fused-ring (bicyclic) bond motifs is 1. The normalized spacial score (nSPS) is 14.9. The van der Waals surface area contributed by atoms with Gasteiger partial charge in [0.1, 0.15) is 17.1 Å². The minimum absolute atomic E-state index is 0.0479. The van der Waals surface area contributed by atoms with Crippen LogP contribution in [0.2, 0.25) is 0 Å². The minimum Gasteiger partial charge on any atom is -0.444 e. The maximum Gasteiger partial charge on any atom is 0.410 e. The molecular weight excluding hydrogens is 258 g/mol. The average molecular weight is 279 g/mol. The van der Waals surface area contributed by atoms with Gasteiger partial charge in [-0.25, -0.2) is 9.78 Å². The average Bonchev–Trinajstić information content (AvgIpc) is 2.64. The molecule has 0 radical (unpaired) electrons. The molecule has 0 N–H and O–H groups in total. The lowest BCUT2D eigenvalue weighted by molar-refractivity contribution is 0.0194. The Labute approximate surface area is 118 Å². The molecule has 0 atom stereocenters. The maximum atomic E-state index is 12.0. The summed E-state index contributed by atoms with van der Waals surface area (Å²) in [6, 6.07) is 0. The Balaban J connectivity index is 2.17. The first-order valence-electron chi connectivity index (χ1n) is 6.74. The number of rotatable bonds is 1. The minimum atomic E-state index is -0.510. The summed E-state index contributed by atoms with van der Waals surface area (Å²) in [7, 11) is 0. The second kappa shape index (κ2) is 4.92. The lowest BCUT2D eigenvalue weighted by Crippen LogP contribution is -2.41. The highest BCUT2D eigenvalue weighted by atomic mass is 16.6. The number of hydrogen-bond donors (Lipinski definition) is 0. The van der Waals surface area contributed by atoms with E-state index < -0.39 is 5.60 Å². The number of Topliss-reactive ketones (excluding diaryl/α,β-unsaturated/α-hetero) is 1. The molecule has 0 saturated carbocycles. The molecule has 0 aromatic carbocycles. The van der Waals surface area contributed by atoms with E-state index in [9.17, 15) is 9.59 Å². The molecule has 0 spiro atoms. The zero-order valence-corrected chi connectivity index (χ0v) is 12.7. The van der Waals surface area contributed by atoms with Gasteiger partial charge >= 0.3 is 6.09 Å². The Morgan fingerprint density at radius 3 is 2.45 bits per heavy atom. The monoisotopic (exact) mass is 279 g/mol. The highest BCUT2D eigenvalue weighted by Gasteiger charge is 2.28. The highest BCUT2D eigenvalue weighted by molar-refractivity contribution is 5.93. The molecule has 0 fully saturated rings. The van der Waals surface area contributed by atoms with E-state index in [1.807, 2.05) is 32.3 Å². The van der Waals surface area contributed by atoms with E-state index in [0.717, 1.165) is 11.5 Å². The van der Waals surface area contributed by atoms with Crippen molar-refractivity contribution in [2.24, 2.45) is 0 Å². The molecule has 6 heteroatoms. The number of carbonyl (C=O) groups is 2. The standard InChI is InChI=1S/C14H21N3O3/c1-9-12(10(2)18)15-11-8-16(6-7-17(9)11)13(19)20-14(3,4)5/h6-8H2,1-5H3. The van der Waals surface area contributed by atoms with Gasteiger partial charge in [0.05, 0.1) is 6.54 Å². The Bertz CT molecular complexity index is 555. The molecule has 0 bridgehead atoms. The van der Waals surface area contributed by atoms with Crippen LogP contribution in [0, 0.1) is 6.92 Å². The van der Waals surface area contributed by atoms with Crippen LogP contribution < -0.4 is 0 Å². The van der Waals surface area contributed by atoms with Crippen molar-refractivity contribution < 1.29 is 14.3 Å². The van der Waals surface area contributed by atoms with Gasteiger partial charge in [-0.1, -0.05) is 0 Å². The SMILES string of the molecule is CC(=O)c1nc2n(c1C)CCN(C(=O)OC(C)(C)C)C2. The summed E-state index contributed by atoms with van der Waals surface area (Å²) in [5.41, 5.74) is 0.854. The van der Waals surface area contributed by atoms with Crippen LogP contribution in [0.3, 0.4) is 0 Å². The second-order valence-electron chi connectivity index (χ2n) is 6.07. The molecule has 20 heavy (non-hydrogen) atoms. The zero-order valence-electron chi connectivity index (χ0n) is 12.7. The van der Waals surface area contributed by atoms with Crippen molar-refractivity contribution in [3.05, 3.63) is 17.2 Å². The van der Waals surface area contributed by atoms with Crippen molar-refractivity contribution in [2.75, 3.05) is 6.54 Å². The molecule has 2 heterocycles. The van der Waals surface area contributed by atoms with Crippen LogP contribution in [0.25, 0.3) is 0 Å². The van der Waals surface area contributed by atoms with Gasteiger partial charge in [0.2, 0.25) is 0 Å². The molecule has 1 amide bonds. The molecule has 1 aliphatic rings. The van der Waals surface area contributed by atoms with Crippen LogP contribution in [0.1, 0.15) is 49.7 Å². The summed E-state index contributed by atoms with van der Waals surface area (Å²) in [5, 5.41) is 0. The van der Waals surface area contributed by atoms with E-state index in [0.29, 0.717) is 25.3 Å². The third-order valence-corrected chi connectivity index (χ3v) is 3.21. The van der Waals surface area contributed by atoms with Gasteiger partial charge in [-0.15, -0.1) is 0 Å². The number of ether oxygens (including phenoxy) is 1. The molecule has 0 aliphatic carbocycles. The third kappa shape index (κ3) is 2.84. The van der Waals surface area contributed by atoms with E-state index >= 15 is 0 Å². The molecule has 110 valence electrons. The first-order chi connectivity index (χ1) is 9.19. The van der Waals surface area contributed by atoms with Gasteiger partial charge in [0.25, 0.3) is 0 Å². The van der Waals surface area contributed by atoms with Crippen molar-refractivity contribution in [3.8, 4) is 0 Å². The van der Waals surface area contributed by atoms with E-state index in [1.165, 1.54) is 6.92 Å². The molecular formula is C14H21N3O3. The van der Waals surface area contributed by atoms with Gasteiger partial charge < -0.3 is 9.30 Å². The second-order valence-corrected chi connectivity index (χ2v) is 6.07. The lowest BCUT2D eigenvalue weighted by atomic mass is 10.2. The van der Waals surface area contributed by atoms with E-state index in [4.69, 9.17) is 4.74 Å². The van der Waals surface area contributed by atoms with Crippen LogP contribution in [0.4, 0.5) is 4.79 Å². The smallest absolute Gasteiger partial charge is 0.410 e. The van der Waals surface area contributed by atoms with Crippen LogP contribution in [0.5, 0.6) is 0 Å². The fraction of sp³-hybridized carbons (Fsp3) is 0.643. The highest BCUT2D eigenvalue weighted by Crippen LogP contribution is 2.20. The summed E-state index contributed by atoms with van der Waals surface area (Å²) in [5.74, 6) is 0.693. The summed E-state index contributed by atoms with van der Waals surface area (Å²) in [6.07, 6.45) is -0.339. The largest absolute Gasteiger partial charge is 0.444 e. The Morgan fingerprint density at radius 2 is 1.90 bits per heavy atom. The van der Waals surface area contributed by atoms with Crippen molar-refractivity contribution in [1.29, 1.82) is 0 Å². The van der Waals surface area contributed by atoms with Gasteiger partial charge in [-0.2, -0.15) is 0 Å². The van der Waals surface area contributed by atoms with E-state index in [1.54, 1.807) is 4.90 Å². The van der Waals surface area contributed by atoms with Crippen LogP contribution >= 0.6 is 0 Å². The predicted octanol–water partition coefficient (Wildman–Crippen LogP) is 2.14. The van der Waals surface area contributed by atoms with E-state index in [-0.39, 0.29) is 11.9 Å². The van der Waals surface area contributed by atoms with Crippen LogP contribution in [-0.2, 0) is 17.8 Å². The topological polar surface area (TPSA) is 64.4 Å². The number of aromatic nitrogens is 2. The lowest BCUT2D eigenvalue weighted by Gasteiger charge is -2.30. The molecule has 6 nitrogen and oxygen atoms in total. The van der Waals surface area contributed by atoms with Gasteiger partial charge in [0.15, 0.2) is 5.78 Å². The fourth-order valence-corrected chi connectivity index (χ4v) is 2.30. The van der Waals surface area contributed by atoms with E-state index in [2.05, 4.69) is 4.98 Å². The molecule has 1 aromatic heterocycles. The van der Waals surface area contributed by atoms with Gasteiger partial charge in [-0.3, -0.25) is 9.69 Å². The quantitative estimate of drug-likeness (QED) is 0.739. The molecule has 1 aromatic rings. The van der Waals surface area contributed by atoms with Crippen molar-refractivity contribution >= 4 is 11.9 Å². The third-order valence-electron chi connectivity index (χ3n) is 3.21. The first-order valence-corrected chi connectivity index (χ1v) is 6.74. The summed E-state index contributed by atoms with van der Waals surface area (Å²) in [4.78, 5) is 29.5. The van der Waals surface area contributed by atoms with Crippen molar-refractivity contribution in [3.63, 3.8) is 0 Å². The first kappa shape index (κ1) is 14.6. The molecule has 0 saturated heterocycles. The Kier molecular flexibility index (Phi) is 3.58. The number of ketones is 1. The Hall–Kier alpha value is -1.85. The van der Waals surface area contributed by atoms with Crippen LogP contribution in [0.15, 0.2) is 0 Å². The zero-order chi connectivity index (χ0) is 15.1. The molecule has 2 rings (SSSR count). The van der Waals surface area contributed by atoms with Crippen LogP contribution in [-0.4, -0.2) is 38.5 Å². The fourth-order valence-electron chi connectivity index (χ4n) is 2.30. The summed E-state index contributed by atoms with van der Waals surface area (Å²) >= 11 is 0. The number of hydrogen-bond acceptors (Lipinski definition) is 4. The molecule has 0 unspecified atom stereocenters. The number of imidazole rings is 1. The number of amides is 1. The maximum absolute atomic E-state index is 12.0. The molecule has 1 aliphatic heterocycles. The number of carbonyl (C=O) groups excluding carboxylic acids is 2. The predicted molar refractivity (Wildman–Crippen MR) is 73.6 cm³/mol. The summed E-state index contributed by atoms with van der Waals surface area (Å²) < 4.78 is 7.36. The number of nitrogens with zero attached hydrogens (tertiary/aromatic N) is 3. The van der Waals surface area contributed by atoms with Gasteiger partial charge in [0, 0.05) is 25.7 Å². The Morgan fingerprint density at radius 1 is 1.25 bits per heavy atom.